The van der Waals surface area contributed by atoms with Gasteiger partial charge in [-0.25, -0.2) is 0 Å². The Kier molecular flexibility index (Phi) is 8.27. The molecule has 0 heterocycles. The molecule has 0 spiro atoms. The lowest BCUT2D eigenvalue weighted by Gasteiger charge is -2.18. The summed E-state index contributed by atoms with van der Waals surface area (Å²) in [6.07, 6.45) is 0. The van der Waals surface area contributed by atoms with E-state index in [9.17, 15) is 4.79 Å². The lowest BCUT2D eigenvalue weighted by molar-refractivity contribution is -0.126. The van der Waals surface area contributed by atoms with Gasteiger partial charge in [0.05, 0.1) is 25.7 Å². The molecule has 0 aromatic rings. The smallest absolute Gasteiger partial charge is 0.224 e. The maximum absolute atomic E-state index is 11.6. The van der Waals surface area contributed by atoms with Crippen LogP contribution in [-0.4, -0.2) is 43.9 Å². The summed E-state index contributed by atoms with van der Waals surface area (Å²) < 4.78 is 5.01. The third-order valence-electron chi connectivity index (χ3n) is 2.18. The molecule has 5 heteroatoms. The van der Waals surface area contributed by atoms with Crippen molar-refractivity contribution < 1.29 is 14.6 Å². The van der Waals surface area contributed by atoms with E-state index in [1.165, 1.54) is 0 Å². The van der Waals surface area contributed by atoms with Gasteiger partial charge in [0.25, 0.3) is 0 Å². The number of nitrogens with one attached hydrogen (secondary N) is 1. The van der Waals surface area contributed by atoms with Crippen LogP contribution >= 0.6 is 0 Å². The van der Waals surface area contributed by atoms with Crippen LogP contribution in [0.5, 0.6) is 0 Å². The quantitative estimate of drug-likeness (QED) is 0.472. The summed E-state index contributed by atoms with van der Waals surface area (Å²) in [5.74, 6) is 0.0799. The van der Waals surface area contributed by atoms with Crippen LogP contribution in [-0.2, 0) is 9.53 Å². The zero-order valence-electron chi connectivity index (χ0n) is 9.53. The van der Waals surface area contributed by atoms with Crippen molar-refractivity contribution in [3.8, 4) is 0 Å². The molecule has 0 aliphatic rings. The Labute approximate surface area is 91.0 Å². The standard InChI is InChI=1S/C10H22N2O3/c1-8(2)9(7-11)10(14)12-3-5-15-6-4-13/h8-9,13H,3-7,11H2,1-2H3,(H,12,14). The molecule has 0 aromatic carbocycles. The number of ether oxygens (including phenoxy) is 1. The molecule has 90 valence electrons. The fourth-order valence-electron chi connectivity index (χ4n) is 1.23. The third kappa shape index (κ3) is 6.43. The van der Waals surface area contributed by atoms with Crippen LogP contribution in [0.2, 0.25) is 0 Å². The van der Waals surface area contributed by atoms with Gasteiger partial charge in [0.2, 0.25) is 5.91 Å². The van der Waals surface area contributed by atoms with E-state index in [1.807, 2.05) is 13.8 Å². The highest BCUT2D eigenvalue weighted by Gasteiger charge is 2.19. The van der Waals surface area contributed by atoms with Crippen molar-refractivity contribution in [3.63, 3.8) is 0 Å². The van der Waals surface area contributed by atoms with E-state index in [0.29, 0.717) is 26.3 Å². The summed E-state index contributed by atoms with van der Waals surface area (Å²) in [5, 5.41) is 11.2. The Morgan fingerprint density at radius 3 is 2.60 bits per heavy atom. The van der Waals surface area contributed by atoms with Crippen molar-refractivity contribution in [3.05, 3.63) is 0 Å². The minimum atomic E-state index is -0.136. The van der Waals surface area contributed by atoms with E-state index >= 15 is 0 Å². The van der Waals surface area contributed by atoms with Crippen molar-refractivity contribution in [2.75, 3.05) is 32.9 Å². The largest absolute Gasteiger partial charge is 0.394 e. The Bertz CT molecular complexity index is 174. The van der Waals surface area contributed by atoms with Crippen molar-refractivity contribution in [1.29, 1.82) is 0 Å². The number of amides is 1. The van der Waals surface area contributed by atoms with Gasteiger partial charge in [0.15, 0.2) is 0 Å². The molecule has 0 aliphatic heterocycles. The van der Waals surface area contributed by atoms with Gasteiger partial charge < -0.3 is 20.9 Å². The van der Waals surface area contributed by atoms with E-state index < -0.39 is 0 Å². The first-order chi connectivity index (χ1) is 7.13. The second kappa shape index (κ2) is 8.64. The van der Waals surface area contributed by atoms with Gasteiger partial charge >= 0.3 is 0 Å². The Morgan fingerprint density at radius 1 is 1.47 bits per heavy atom. The van der Waals surface area contributed by atoms with E-state index in [4.69, 9.17) is 15.6 Å². The second-order valence-corrected chi connectivity index (χ2v) is 3.71. The van der Waals surface area contributed by atoms with E-state index in [-0.39, 0.29) is 24.3 Å². The fourth-order valence-corrected chi connectivity index (χ4v) is 1.23. The normalized spacial score (nSPS) is 12.9. The number of aliphatic hydroxyl groups excluding tert-OH is 1. The van der Waals surface area contributed by atoms with Gasteiger partial charge in [-0.2, -0.15) is 0 Å². The number of carbonyl (C=O) groups is 1. The Morgan fingerprint density at radius 2 is 2.13 bits per heavy atom. The number of aliphatic hydroxyl groups is 1. The highest BCUT2D eigenvalue weighted by molar-refractivity contribution is 5.79. The first-order valence-corrected chi connectivity index (χ1v) is 5.29. The van der Waals surface area contributed by atoms with Crippen LogP contribution in [0.1, 0.15) is 13.8 Å². The van der Waals surface area contributed by atoms with Crippen LogP contribution in [0.3, 0.4) is 0 Å². The Balaban J connectivity index is 3.63. The van der Waals surface area contributed by atoms with Crippen LogP contribution in [0.15, 0.2) is 0 Å². The van der Waals surface area contributed by atoms with Gasteiger partial charge in [-0.05, 0) is 5.92 Å². The monoisotopic (exact) mass is 218 g/mol. The molecule has 0 saturated carbocycles. The molecule has 0 radical (unpaired) electrons. The number of carbonyl (C=O) groups excluding carboxylic acids is 1. The SMILES string of the molecule is CC(C)C(CN)C(=O)NCCOCCO. The number of rotatable bonds is 8. The summed E-state index contributed by atoms with van der Waals surface area (Å²) >= 11 is 0. The summed E-state index contributed by atoms with van der Waals surface area (Å²) in [7, 11) is 0. The second-order valence-electron chi connectivity index (χ2n) is 3.71. The maximum Gasteiger partial charge on any atom is 0.224 e. The lowest BCUT2D eigenvalue weighted by Crippen LogP contribution is -2.39. The van der Waals surface area contributed by atoms with Crippen LogP contribution in [0, 0.1) is 11.8 Å². The topological polar surface area (TPSA) is 84.6 Å². The third-order valence-corrected chi connectivity index (χ3v) is 2.18. The van der Waals surface area contributed by atoms with Gasteiger partial charge in [-0.3, -0.25) is 4.79 Å². The average Bonchev–Trinajstić information content (AvgIpc) is 2.18. The van der Waals surface area contributed by atoms with Gasteiger partial charge in [0.1, 0.15) is 0 Å². The fraction of sp³-hybridized carbons (Fsp3) is 0.900. The molecule has 0 fully saturated rings. The van der Waals surface area contributed by atoms with Crippen molar-refractivity contribution in [1.82, 2.24) is 5.32 Å². The molecule has 1 unspecified atom stereocenters. The highest BCUT2D eigenvalue weighted by Crippen LogP contribution is 2.08. The molecule has 1 amide bonds. The van der Waals surface area contributed by atoms with E-state index in [2.05, 4.69) is 5.32 Å². The molecular weight excluding hydrogens is 196 g/mol. The van der Waals surface area contributed by atoms with Crippen molar-refractivity contribution in [2.45, 2.75) is 13.8 Å². The first-order valence-electron chi connectivity index (χ1n) is 5.29. The van der Waals surface area contributed by atoms with Crippen molar-refractivity contribution in [2.24, 2.45) is 17.6 Å². The molecule has 0 aromatic heterocycles. The predicted octanol–water partition coefficient (Wildman–Crippen LogP) is -0.658. The highest BCUT2D eigenvalue weighted by atomic mass is 16.5. The zero-order chi connectivity index (χ0) is 11.7. The number of hydrogen-bond acceptors (Lipinski definition) is 4. The van der Waals surface area contributed by atoms with Crippen molar-refractivity contribution >= 4 is 5.91 Å². The Hall–Kier alpha value is -0.650. The minimum absolute atomic E-state index is 0.00532. The summed E-state index contributed by atoms with van der Waals surface area (Å²) in [6, 6.07) is 0. The van der Waals surface area contributed by atoms with Crippen LogP contribution in [0.25, 0.3) is 0 Å². The average molecular weight is 218 g/mol. The minimum Gasteiger partial charge on any atom is -0.394 e. The first kappa shape index (κ1) is 14.3. The van der Waals surface area contributed by atoms with Gasteiger partial charge in [0, 0.05) is 13.1 Å². The summed E-state index contributed by atoms with van der Waals surface area (Å²) in [6.45, 7) is 5.50. The van der Waals surface area contributed by atoms with E-state index in [0.717, 1.165) is 0 Å². The number of hydrogen-bond donors (Lipinski definition) is 3. The number of nitrogens with two attached hydrogens (primary N) is 1. The maximum atomic E-state index is 11.6. The molecule has 0 aliphatic carbocycles. The lowest BCUT2D eigenvalue weighted by atomic mass is 9.95. The van der Waals surface area contributed by atoms with Gasteiger partial charge in [-0.15, -0.1) is 0 Å². The van der Waals surface area contributed by atoms with Crippen LogP contribution in [0.4, 0.5) is 0 Å². The predicted molar refractivity (Wildman–Crippen MR) is 58.3 cm³/mol. The molecule has 0 bridgehead atoms. The van der Waals surface area contributed by atoms with Gasteiger partial charge in [-0.1, -0.05) is 13.8 Å². The molecule has 4 N–H and O–H groups in total. The molecule has 15 heavy (non-hydrogen) atoms. The van der Waals surface area contributed by atoms with Crippen LogP contribution < -0.4 is 11.1 Å². The molecule has 0 rings (SSSR count). The zero-order valence-corrected chi connectivity index (χ0v) is 9.53. The molecule has 5 nitrogen and oxygen atoms in total. The molecule has 1 atom stereocenters. The molecule has 0 saturated heterocycles. The summed E-state index contributed by atoms with van der Waals surface area (Å²) in [5.41, 5.74) is 5.50. The summed E-state index contributed by atoms with van der Waals surface area (Å²) in [4.78, 5) is 11.6. The van der Waals surface area contributed by atoms with E-state index in [1.54, 1.807) is 0 Å². The molecular formula is C10H22N2O3.